The number of benzene rings is 1. The molecule has 0 bridgehead atoms. The zero-order valence-corrected chi connectivity index (χ0v) is 14.1. The molecule has 2 heterocycles. The highest BCUT2D eigenvalue weighted by Gasteiger charge is 2.11. The maximum absolute atomic E-state index is 5.01. The fourth-order valence-electron chi connectivity index (χ4n) is 2.02. The van der Waals surface area contributed by atoms with Crippen LogP contribution in [-0.2, 0) is 0 Å². The summed E-state index contributed by atoms with van der Waals surface area (Å²) in [4.78, 5) is 1.09. The van der Waals surface area contributed by atoms with Gasteiger partial charge in [-0.25, -0.2) is 4.68 Å². The van der Waals surface area contributed by atoms with Crippen molar-refractivity contribution < 1.29 is 0 Å². The van der Waals surface area contributed by atoms with Crippen LogP contribution in [0.25, 0.3) is 16.3 Å². The molecule has 0 unspecified atom stereocenters. The second-order valence-corrected chi connectivity index (χ2v) is 6.00. The molecular formula is C16H15N5S2. The first-order valence-electron chi connectivity index (χ1n) is 6.97. The van der Waals surface area contributed by atoms with Gasteiger partial charge in [-0.2, -0.15) is 10.2 Å². The highest BCUT2D eigenvalue weighted by molar-refractivity contribution is 7.80. The van der Waals surface area contributed by atoms with Crippen LogP contribution in [-0.4, -0.2) is 28.2 Å². The molecule has 3 aromatic rings. The average Bonchev–Trinajstić information content (AvgIpc) is 3.25. The van der Waals surface area contributed by atoms with Gasteiger partial charge < -0.3 is 5.32 Å². The summed E-state index contributed by atoms with van der Waals surface area (Å²) in [5.41, 5.74) is 5.57. The molecule has 0 saturated heterocycles. The number of hydrogen-bond acceptors (Lipinski definition) is 4. The molecule has 0 aliphatic heterocycles. The number of aromatic nitrogens is 2. The molecular weight excluding hydrogens is 326 g/mol. The summed E-state index contributed by atoms with van der Waals surface area (Å²) in [6.45, 7) is 0. The third kappa shape index (κ3) is 3.64. The Balaban J connectivity index is 1.96. The predicted molar refractivity (Wildman–Crippen MR) is 99.3 cm³/mol. The van der Waals surface area contributed by atoms with Gasteiger partial charge in [-0.05, 0) is 35.8 Å². The molecule has 2 aromatic heterocycles. The van der Waals surface area contributed by atoms with Gasteiger partial charge in [-0.15, -0.1) is 11.3 Å². The summed E-state index contributed by atoms with van der Waals surface area (Å²) in [6.07, 6.45) is 3.68. The van der Waals surface area contributed by atoms with Crippen LogP contribution >= 0.6 is 23.6 Å². The number of thiocarbonyl (C=S) groups is 1. The van der Waals surface area contributed by atoms with Gasteiger partial charge in [-0.3, -0.25) is 5.43 Å². The van der Waals surface area contributed by atoms with Crippen LogP contribution in [0.1, 0.15) is 5.56 Å². The van der Waals surface area contributed by atoms with E-state index in [9.17, 15) is 0 Å². The highest BCUT2D eigenvalue weighted by Crippen LogP contribution is 2.26. The Morgan fingerprint density at radius 1 is 1.26 bits per heavy atom. The summed E-state index contributed by atoms with van der Waals surface area (Å²) in [6, 6.07) is 14.0. The first kappa shape index (κ1) is 15.4. The van der Waals surface area contributed by atoms with E-state index in [0.717, 1.165) is 21.8 Å². The van der Waals surface area contributed by atoms with Crippen LogP contribution in [0.15, 0.2) is 59.1 Å². The lowest BCUT2D eigenvalue weighted by atomic mass is 10.2. The fraction of sp³-hybridized carbons (Fsp3) is 0.0625. The Kier molecular flexibility index (Phi) is 4.80. The second kappa shape index (κ2) is 7.17. The van der Waals surface area contributed by atoms with E-state index in [2.05, 4.69) is 15.8 Å². The first-order valence-corrected chi connectivity index (χ1v) is 8.26. The van der Waals surface area contributed by atoms with Gasteiger partial charge in [0.25, 0.3) is 0 Å². The molecule has 0 atom stereocenters. The molecule has 7 heteroatoms. The Labute approximate surface area is 143 Å². The largest absolute Gasteiger partial charge is 0.364 e. The fourth-order valence-corrected chi connectivity index (χ4v) is 2.80. The number of thiophene rings is 1. The molecule has 3 rings (SSSR count). The molecule has 0 radical (unpaired) electrons. The van der Waals surface area contributed by atoms with Gasteiger partial charge >= 0.3 is 0 Å². The topological polar surface area (TPSA) is 54.2 Å². The van der Waals surface area contributed by atoms with E-state index in [1.54, 1.807) is 24.6 Å². The van der Waals surface area contributed by atoms with Crippen molar-refractivity contribution in [3.8, 4) is 16.3 Å². The number of para-hydroxylation sites is 1. The number of nitrogens with one attached hydrogen (secondary N) is 2. The van der Waals surface area contributed by atoms with Crippen molar-refractivity contribution in [1.82, 2.24) is 20.5 Å². The molecule has 0 spiro atoms. The van der Waals surface area contributed by atoms with Crippen LogP contribution in [0.5, 0.6) is 0 Å². The molecule has 0 saturated carbocycles. The lowest BCUT2D eigenvalue weighted by molar-refractivity contribution is 0.885. The van der Waals surface area contributed by atoms with Crippen molar-refractivity contribution in [2.75, 3.05) is 7.05 Å². The van der Waals surface area contributed by atoms with Gasteiger partial charge in [0.2, 0.25) is 0 Å². The molecule has 1 aromatic carbocycles. The Morgan fingerprint density at radius 3 is 2.78 bits per heavy atom. The first-order chi connectivity index (χ1) is 11.3. The van der Waals surface area contributed by atoms with Gasteiger partial charge in [0.05, 0.1) is 16.8 Å². The van der Waals surface area contributed by atoms with Crippen LogP contribution in [0, 0.1) is 0 Å². The second-order valence-electron chi connectivity index (χ2n) is 4.64. The van der Waals surface area contributed by atoms with E-state index < -0.39 is 0 Å². The Morgan fingerprint density at radius 2 is 2.09 bits per heavy atom. The van der Waals surface area contributed by atoms with E-state index in [4.69, 9.17) is 17.3 Å². The lowest BCUT2D eigenvalue weighted by Crippen LogP contribution is -2.28. The quantitative estimate of drug-likeness (QED) is 0.435. The summed E-state index contributed by atoms with van der Waals surface area (Å²) >= 11 is 6.66. The van der Waals surface area contributed by atoms with Gasteiger partial charge in [-0.1, -0.05) is 24.3 Å². The molecule has 23 heavy (non-hydrogen) atoms. The van der Waals surface area contributed by atoms with E-state index in [-0.39, 0.29) is 0 Å². The number of nitrogens with zero attached hydrogens (tertiary/aromatic N) is 3. The minimum Gasteiger partial charge on any atom is -0.364 e. The third-order valence-corrected chi connectivity index (χ3v) is 4.29. The van der Waals surface area contributed by atoms with E-state index >= 15 is 0 Å². The monoisotopic (exact) mass is 341 g/mol. The number of hydrazone groups is 1. The maximum atomic E-state index is 5.01. The summed E-state index contributed by atoms with van der Waals surface area (Å²) < 4.78 is 1.85. The zero-order chi connectivity index (χ0) is 16.1. The van der Waals surface area contributed by atoms with Crippen molar-refractivity contribution in [2.45, 2.75) is 0 Å². The molecule has 0 amide bonds. The minimum absolute atomic E-state index is 0.467. The molecule has 0 aliphatic rings. The van der Waals surface area contributed by atoms with Crippen LogP contribution in [0.3, 0.4) is 0 Å². The molecule has 2 N–H and O–H groups in total. The Bertz CT molecular complexity index is 806. The van der Waals surface area contributed by atoms with Crippen molar-refractivity contribution in [2.24, 2.45) is 5.10 Å². The molecule has 116 valence electrons. The van der Waals surface area contributed by atoms with E-state index in [0.29, 0.717) is 5.11 Å². The number of hydrogen-bond donors (Lipinski definition) is 2. The number of rotatable bonds is 4. The van der Waals surface area contributed by atoms with Crippen LogP contribution < -0.4 is 10.7 Å². The lowest BCUT2D eigenvalue weighted by Gasteiger charge is -1.99. The Hall–Kier alpha value is -2.51. The maximum Gasteiger partial charge on any atom is 0.186 e. The zero-order valence-electron chi connectivity index (χ0n) is 12.4. The van der Waals surface area contributed by atoms with Crippen LogP contribution in [0.2, 0.25) is 0 Å². The standard InChI is InChI=1S/C16H15N5S2/c1-17-16(22)19-18-10-12-11-21(13-6-3-2-4-7-13)20-15(12)14-8-5-9-23-14/h2-11H,1H3,(H2,17,19,22). The summed E-state index contributed by atoms with van der Waals surface area (Å²) in [7, 11) is 1.75. The molecule has 5 nitrogen and oxygen atoms in total. The third-order valence-electron chi connectivity index (χ3n) is 3.11. The summed E-state index contributed by atoms with van der Waals surface area (Å²) in [5.74, 6) is 0. The van der Waals surface area contributed by atoms with Crippen molar-refractivity contribution in [3.05, 3.63) is 59.6 Å². The predicted octanol–water partition coefficient (Wildman–Crippen LogP) is 3.03. The average molecular weight is 341 g/mol. The van der Waals surface area contributed by atoms with Crippen molar-refractivity contribution in [1.29, 1.82) is 0 Å². The van der Waals surface area contributed by atoms with Gasteiger partial charge in [0, 0.05) is 18.8 Å². The van der Waals surface area contributed by atoms with Crippen molar-refractivity contribution >= 4 is 34.9 Å². The van der Waals surface area contributed by atoms with Gasteiger partial charge in [0.15, 0.2) is 5.11 Å². The van der Waals surface area contributed by atoms with Crippen LogP contribution in [0.4, 0.5) is 0 Å². The van der Waals surface area contributed by atoms with Crippen molar-refractivity contribution in [3.63, 3.8) is 0 Å². The molecule has 0 fully saturated rings. The highest BCUT2D eigenvalue weighted by atomic mass is 32.1. The van der Waals surface area contributed by atoms with E-state index in [1.807, 2.05) is 58.7 Å². The normalized spacial score (nSPS) is 10.8. The summed E-state index contributed by atoms with van der Waals surface area (Å²) in [5, 5.41) is 14.2. The van der Waals surface area contributed by atoms with Gasteiger partial charge in [0.1, 0.15) is 5.69 Å². The van der Waals surface area contributed by atoms with E-state index in [1.165, 1.54) is 0 Å². The molecule has 0 aliphatic carbocycles. The minimum atomic E-state index is 0.467. The SMILES string of the molecule is CNC(=S)NN=Cc1cn(-c2ccccc2)nc1-c1cccs1. The smallest absolute Gasteiger partial charge is 0.186 e.